The van der Waals surface area contributed by atoms with E-state index in [4.69, 9.17) is 17.3 Å². The second kappa shape index (κ2) is 2.94. The summed E-state index contributed by atoms with van der Waals surface area (Å²) < 4.78 is 1.34. The van der Waals surface area contributed by atoms with E-state index in [-0.39, 0.29) is 17.2 Å². The molecule has 0 amide bonds. The van der Waals surface area contributed by atoms with Crippen LogP contribution in [-0.2, 0) is 0 Å². The van der Waals surface area contributed by atoms with Gasteiger partial charge in [0.25, 0.3) is 5.95 Å². The lowest BCUT2D eigenvalue weighted by Gasteiger charge is -1.98. The van der Waals surface area contributed by atoms with Crippen LogP contribution < -0.4 is 5.73 Å². The summed E-state index contributed by atoms with van der Waals surface area (Å²) in [6, 6.07) is 0. The number of anilines is 1. The van der Waals surface area contributed by atoms with Gasteiger partial charge >= 0.3 is 0 Å². The second-order valence-electron chi connectivity index (χ2n) is 2.10. The van der Waals surface area contributed by atoms with Gasteiger partial charge in [0.1, 0.15) is 12.7 Å². The van der Waals surface area contributed by atoms with Gasteiger partial charge in [-0.25, -0.2) is 4.98 Å². The van der Waals surface area contributed by atoms with Crippen molar-refractivity contribution >= 4 is 17.5 Å². The van der Waals surface area contributed by atoms with E-state index in [1.54, 1.807) is 0 Å². The summed E-state index contributed by atoms with van der Waals surface area (Å²) in [5.74, 6) is 0.292. The second-order valence-corrected chi connectivity index (χ2v) is 2.44. The van der Waals surface area contributed by atoms with Crippen molar-refractivity contribution in [2.24, 2.45) is 0 Å². The molecule has 13 heavy (non-hydrogen) atoms. The SMILES string of the molecule is Nc1nc(Cl)nc(-n2cncn2)n1. The Morgan fingerprint density at radius 3 is 2.77 bits per heavy atom. The van der Waals surface area contributed by atoms with Gasteiger partial charge < -0.3 is 5.73 Å². The highest BCUT2D eigenvalue weighted by molar-refractivity contribution is 6.28. The zero-order valence-electron chi connectivity index (χ0n) is 6.29. The van der Waals surface area contributed by atoms with Gasteiger partial charge in [0.2, 0.25) is 11.2 Å². The van der Waals surface area contributed by atoms with Crippen molar-refractivity contribution in [3.8, 4) is 5.95 Å². The maximum absolute atomic E-state index is 5.56. The molecular weight excluding hydrogens is 194 g/mol. The number of nitrogens with zero attached hydrogens (tertiary/aromatic N) is 6. The highest BCUT2D eigenvalue weighted by Gasteiger charge is 2.04. The monoisotopic (exact) mass is 197 g/mol. The van der Waals surface area contributed by atoms with E-state index in [1.807, 2.05) is 0 Å². The predicted molar refractivity (Wildman–Crippen MR) is 44.2 cm³/mol. The number of aromatic nitrogens is 6. The van der Waals surface area contributed by atoms with Gasteiger partial charge in [-0.2, -0.15) is 24.7 Å². The lowest BCUT2D eigenvalue weighted by molar-refractivity contribution is 0.797. The molecule has 2 aromatic heterocycles. The Kier molecular flexibility index (Phi) is 1.78. The zero-order chi connectivity index (χ0) is 9.26. The van der Waals surface area contributed by atoms with Crippen molar-refractivity contribution in [3.63, 3.8) is 0 Å². The molecule has 0 atom stereocenters. The third kappa shape index (κ3) is 1.54. The molecule has 2 aromatic rings. The van der Waals surface area contributed by atoms with Crippen LogP contribution in [0.4, 0.5) is 5.95 Å². The van der Waals surface area contributed by atoms with Gasteiger partial charge in [0.15, 0.2) is 0 Å². The molecule has 0 aliphatic carbocycles. The highest BCUT2D eigenvalue weighted by atomic mass is 35.5. The Bertz CT molecular complexity index is 391. The molecule has 7 nitrogen and oxygen atoms in total. The lowest BCUT2D eigenvalue weighted by Crippen LogP contribution is -2.06. The summed E-state index contributed by atoms with van der Waals surface area (Å²) >= 11 is 5.56. The normalized spacial score (nSPS) is 10.2. The average molecular weight is 198 g/mol. The van der Waals surface area contributed by atoms with Crippen molar-refractivity contribution in [3.05, 3.63) is 17.9 Å². The summed E-state index contributed by atoms with van der Waals surface area (Å²) in [5, 5.41) is 3.83. The first kappa shape index (κ1) is 7.87. The first-order valence-corrected chi connectivity index (χ1v) is 3.65. The van der Waals surface area contributed by atoms with E-state index < -0.39 is 0 Å². The van der Waals surface area contributed by atoms with Crippen molar-refractivity contribution < 1.29 is 0 Å². The molecule has 0 aliphatic heterocycles. The van der Waals surface area contributed by atoms with Crippen LogP contribution in [0.2, 0.25) is 5.28 Å². The molecule has 0 saturated carbocycles. The highest BCUT2D eigenvalue weighted by Crippen LogP contribution is 2.05. The van der Waals surface area contributed by atoms with E-state index in [0.29, 0.717) is 0 Å². The number of nitrogens with two attached hydrogens (primary N) is 1. The topological polar surface area (TPSA) is 95.4 Å². The Labute approximate surface area is 77.6 Å². The predicted octanol–water partition coefficient (Wildman–Crippen LogP) is -0.312. The first-order valence-electron chi connectivity index (χ1n) is 3.28. The van der Waals surface area contributed by atoms with E-state index in [1.165, 1.54) is 17.3 Å². The van der Waals surface area contributed by atoms with E-state index >= 15 is 0 Å². The molecule has 0 spiro atoms. The minimum atomic E-state index is 0.0259. The van der Waals surface area contributed by atoms with Gasteiger partial charge in [-0.1, -0.05) is 0 Å². The van der Waals surface area contributed by atoms with Crippen LogP contribution in [0.1, 0.15) is 0 Å². The van der Waals surface area contributed by atoms with Crippen molar-refractivity contribution in [1.29, 1.82) is 0 Å². The third-order valence-corrected chi connectivity index (χ3v) is 1.41. The minimum Gasteiger partial charge on any atom is -0.368 e. The summed E-state index contributed by atoms with van der Waals surface area (Å²) in [7, 11) is 0. The fourth-order valence-corrected chi connectivity index (χ4v) is 0.931. The zero-order valence-corrected chi connectivity index (χ0v) is 7.05. The van der Waals surface area contributed by atoms with E-state index in [0.717, 1.165) is 0 Å². The molecular formula is C5H4ClN7. The largest absolute Gasteiger partial charge is 0.368 e. The van der Waals surface area contributed by atoms with Crippen molar-refractivity contribution in [1.82, 2.24) is 29.7 Å². The molecule has 0 aliphatic rings. The molecule has 0 aromatic carbocycles. The van der Waals surface area contributed by atoms with Crippen molar-refractivity contribution in [2.75, 3.05) is 5.73 Å². The fourth-order valence-electron chi connectivity index (χ4n) is 0.768. The summed E-state index contributed by atoms with van der Waals surface area (Å²) in [4.78, 5) is 14.9. The Morgan fingerprint density at radius 1 is 1.31 bits per heavy atom. The van der Waals surface area contributed by atoms with Crippen LogP contribution in [0.25, 0.3) is 5.95 Å². The summed E-state index contributed by atoms with van der Waals surface area (Å²) in [6.07, 6.45) is 2.79. The Morgan fingerprint density at radius 2 is 2.15 bits per heavy atom. The molecule has 0 radical (unpaired) electrons. The maximum Gasteiger partial charge on any atom is 0.258 e. The standard InChI is InChI=1S/C5H4ClN7/c6-3-10-4(7)12-5(11-3)13-2-8-1-9-13/h1-2H,(H2,7,10,11,12). The van der Waals surface area contributed by atoms with Crippen LogP contribution >= 0.6 is 11.6 Å². The maximum atomic E-state index is 5.56. The molecule has 0 saturated heterocycles. The molecule has 8 heteroatoms. The smallest absolute Gasteiger partial charge is 0.258 e. The fraction of sp³-hybridized carbons (Fsp3) is 0. The molecule has 66 valence electrons. The molecule has 0 unspecified atom stereocenters. The lowest BCUT2D eigenvalue weighted by atomic mass is 10.9. The van der Waals surface area contributed by atoms with E-state index in [9.17, 15) is 0 Å². The van der Waals surface area contributed by atoms with Gasteiger partial charge in [-0.3, -0.25) is 0 Å². The molecule has 2 N–H and O–H groups in total. The third-order valence-electron chi connectivity index (χ3n) is 1.24. The molecule has 2 rings (SSSR count). The van der Waals surface area contributed by atoms with E-state index in [2.05, 4.69) is 25.0 Å². The van der Waals surface area contributed by atoms with Gasteiger partial charge in [-0.05, 0) is 11.6 Å². The summed E-state index contributed by atoms with van der Waals surface area (Å²) in [5.41, 5.74) is 5.36. The molecule has 2 heterocycles. The average Bonchev–Trinajstić information content (AvgIpc) is 2.53. The summed E-state index contributed by atoms with van der Waals surface area (Å²) in [6.45, 7) is 0. The van der Waals surface area contributed by atoms with Crippen LogP contribution in [0.15, 0.2) is 12.7 Å². The number of rotatable bonds is 1. The number of hydrogen-bond acceptors (Lipinski definition) is 6. The van der Waals surface area contributed by atoms with Crippen molar-refractivity contribution in [2.45, 2.75) is 0 Å². The quantitative estimate of drug-likeness (QED) is 0.674. The number of halogens is 1. The van der Waals surface area contributed by atoms with Gasteiger partial charge in [0.05, 0.1) is 0 Å². The minimum absolute atomic E-state index is 0.0259. The van der Waals surface area contributed by atoms with Crippen LogP contribution in [-0.4, -0.2) is 29.7 Å². The Balaban J connectivity index is 2.53. The van der Waals surface area contributed by atoms with Gasteiger partial charge in [-0.15, -0.1) is 0 Å². The van der Waals surface area contributed by atoms with Crippen LogP contribution in [0.5, 0.6) is 0 Å². The number of hydrogen-bond donors (Lipinski definition) is 1. The van der Waals surface area contributed by atoms with Crippen LogP contribution in [0.3, 0.4) is 0 Å². The molecule has 0 fully saturated rings. The Hall–Kier alpha value is -1.76. The van der Waals surface area contributed by atoms with Gasteiger partial charge in [0, 0.05) is 0 Å². The number of nitrogen functional groups attached to an aromatic ring is 1. The molecule has 0 bridgehead atoms. The van der Waals surface area contributed by atoms with Crippen LogP contribution in [0, 0.1) is 0 Å². The first-order chi connectivity index (χ1) is 6.25.